The summed E-state index contributed by atoms with van der Waals surface area (Å²) in [4.78, 5) is 30.2. The molecule has 1 N–H and O–H groups in total. The van der Waals surface area contributed by atoms with E-state index in [1.54, 1.807) is 30.2 Å². The number of likely N-dealkylation sites (N-methyl/N-ethyl adjacent to an activating group) is 1. The zero-order valence-electron chi connectivity index (χ0n) is 19.6. The van der Waals surface area contributed by atoms with Crippen molar-refractivity contribution in [3.05, 3.63) is 71.3 Å². The van der Waals surface area contributed by atoms with E-state index >= 15 is 0 Å². The van der Waals surface area contributed by atoms with Gasteiger partial charge in [0, 0.05) is 32.2 Å². The molecule has 0 saturated carbocycles. The van der Waals surface area contributed by atoms with Crippen LogP contribution in [0.3, 0.4) is 0 Å². The number of phenols is 1. The molecule has 0 aliphatic carbocycles. The third-order valence-corrected chi connectivity index (χ3v) is 6.36. The molecule has 0 bridgehead atoms. The van der Waals surface area contributed by atoms with E-state index < -0.39 is 17.7 Å². The van der Waals surface area contributed by atoms with Crippen LogP contribution >= 0.6 is 0 Å². The molecule has 3 amide bonds. The van der Waals surface area contributed by atoms with Gasteiger partial charge < -0.3 is 24.5 Å². The van der Waals surface area contributed by atoms with E-state index in [-0.39, 0.29) is 43.1 Å². The number of benzene rings is 2. The topological polar surface area (TPSA) is 73.3 Å². The zero-order valence-corrected chi connectivity index (χ0v) is 19.6. The molecule has 1 unspecified atom stereocenters. The number of rotatable bonds is 5. The Kier molecular flexibility index (Phi) is 7.53. The lowest BCUT2D eigenvalue weighted by Gasteiger charge is -2.30. The number of hydrogen-bond acceptors (Lipinski definition) is 4. The van der Waals surface area contributed by atoms with Crippen molar-refractivity contribution in [1.29, 1.82) is 0 Å². The molecule has 186 valence electrons. The molecule has 1 fully saturated rings. The van der Waals surface area contributed by atoms with E-state index in [0.717, 1.165) is 37.5 Å². The van der Waals surface area contributed by atoms with Gasteiger partial charge >= 0.3 is 12.1 Å². The number of phenolic OH excluding ortho intramolecular Hbond substituents is 1. The Labute approximate surface area is 203 Å². The quantitative estimate of drug-likeness (QED) is 0.661. The molecule has 2 heterocycles. The number of amides is 3. The lowest BCUT2D eigenvalue weighted by Crippen LogP contribution is -2.43. The minimum absolute atomic E-state index is 0.0339. The molecule has 4 rings (SSSR count). The maximum atomic E-state index is 14.5. The second-order valence-corrected chi connectivity index (χ2v) is 8.85. The van der Waals surface area contributed by atoms with Crippen LogP contribution in [0.2, 0.25) is 0 Å². The maximum Gasteiger partial charge on any atom is 0.409 e. The predicted molar refractivity (Wildman–Crippen MR) is 127 cm³/mol. The highest BCUT2D eigenvalue weighted by molar-refractivity contribution is 5.82. The third kappa shape index (κ3) is 5.72. The first-order valence-corrected chi connectivity index (χ1v) is 11.7. The SMILES string of the molecule is CN(CCOC(=O)N1CCCCC1)C(=O)N1CC(c2cc(F)ccc2F)=CC1c1cccc(O)c1. The fraction of sp³-hybridized carbons (Fsp3) is 0.385. The summed E-state index contributed by atoms with van der Waals surface area (Å²) in [5.74, 6) is -1.13. The summed E-state index contributed by atoms with van der Waals surface area (Å²) in [6, 6.07) is 8.72. The Morgan fingerprint density at radius 3 is 2.63 bits per heavy atom. The van der Waals surface area contributed by atoms with Gasteiger partial charge in [-0.15, -0.1) is 0 Å². The zero-order chi connectivity index (χ0) is 24.9. The minimum Gasteiger partial charge on any atom is -0.508 e. The molecule has 9 heteroatoms. The predicted octanol–water partition coefficient (Wildman–Crippen LogP) is 4.79. The fourth-order valence-corrected chi connectivity index (χ4v) is 4.46. The summed E-state index contributed by atoms with van der Waals surface area (Å²) in [5, 5.41) is 9.95. The molecular weight excluding hydrogens is 456 g/mol. The Morgan fingerprint density at radius 2 is 1.89 bits per heavy atom. The molecule has 2 aromatic carbocycles. The van der Waals surface area contributed by atoms with Crippen LogP contribution in [0.25, 0.3) is 5.57 Å². The van der Waals surface area contributed by atoms with Gasteiger partial charge in [0.05, 0.1) is 12.6 Å². The van der Waals surface area contributed by atoms with Crippen LogP contribution in [0, 0.1) is 11.6 Å². The average molecular weight is 486 g/mol. The van der Waals surface area contributed by atoms with Crippen LogP contribution in [-0.2, 0) is 4.74 Å². The summed E-state index contributed by atoms with van der Waals surface area (Å²) in [7, 11) is 1.59. The smallest absolute Gasteiger partial charge is 0.409 e. The summed E-state index contributed by atoms with van der Waals surface area (Å²) < 4.78 is 33.7. The summed E-state index contributed by atoms with van der Waals surface area (Å²) in [6.07, 6.45) is 4.34. The monoisotopic (exact) mass is 485 g/mol. The first-order chi connectivity index (χ1) is 16.8. The maximum absolute atomic E-state index is 14.5. The van der Waals surface area contributed by atoms with Crippen LogP contribution in [0.1, 0.15) is 36.4 Å². The van der Waals surface area contributed by atoms with Crippen molar-refractivity contribution < 1.29 is 28.2 Å². The third-order valence-electron chi connectivity index (χ3n) is 6.36. The van der Waals surface area contributed by atoms with Gasteiger partial charge in [0.1, 0.15) is 24.0 Å². The van der Waals surface area contributed by atoms with Gasteiger partial charge in [0.25, 0.3) is 0 Å². The van der Waals surface area contributed by atoms with Crippen molar-refractivity contribution in [3.63, 3.8) is 0 Å². The lowest BCUT2D eigenvalue weighted by atomic mass is 10.0. The van der Waals surface area contributed by atoms with Gasteiger partial charge in [-0.05, 0) is 60.7 Å². The minimum atomic E-state index is -0.592. The summed E-state index contributed by atoms with van der Waals surface area (Å²) in [5.41, 5.74) is 1.19. The molecular formula is C26H29F2N3O4. The number of hydrogen-bond donors (Lipinski definition) is 1. The van der Waals surface area contributed by atoms with Crippen molar-refractivity contribution in [3.8, 4) is 5.75 Å². The van der Waals surface area contributed by atoms with Crippen molar-refractivity contribution >= 4 is 17.7 Å². The molecule has 1 atom stereocenters. The molecule has 2 aliphatic heterocycles. The second-order valence-electron chi connectivity index (χ2n) is 8.85. The standard InChI is InChI=1S/C26H29F2N3O4/c1-29(12-13-35-26(34)30-10-3-2-4-11-30)25(33)31-17-19(22-16-20(27)8-9-23(22)28)15-24(31)18-6-5-7-21(32)14-18/h5-9,14-16,24,32H,2-4,10-13,17H2,1H3. The van der Waals surface area contributed by atoms with E-state index in [1.807, 2.05) is 0 Å². The van der Waals surface area contributed by atoms with Gasteiger partial charge in [-0.3, -0.25) is 0 Å². The number of nitrogens with zero attached hydrogens (tertiary/aromatic N) is 3. The van der Waals surface area contributed by atoms with E-state index in [0.29, 0.717) is 24.2 Å². The van der Waals surface area contributed by atoms with E-state index in [9.17, 15) is 23.5 Å². The van der Waals surface area contributed by atoms with Gasteiger partial charge in [-0.2, -0.15) is 0 Å². The van der Waals surface area contributed by atoms with Crippen molar-refractivity contribution in [2.45, 2.75) is 25.3 Å². The molecule has 2 aromatic rings. The Hall–Kier alpha value is -3.62. The number of halogens is 2. The lowest BCUT2D eigenvalue weighted by molar-refractivity contribution is 0.0862. The van der Waals surface area contributed by atoms with E-state index in [1.165, 1.54) is 21.9 Å². The normalized spacial score (nSPS) is 17.8. The van der Waals surface area contributed by atoms with E-state index in [2.05, 4.69) is 0 Å². The number of ether oxygens (including phenoxy) is 1. The number of carbonyl (C=O) groups is 2. The van der Waals surface area contributed by atoms with Crippen LogP contribution < -0.4 is 0 Å². The highest BCUT2D eigenvalue weighted by atomic mass is 19.1. The second kappa shape index (κ2) is 10.8. The number of piperidine rings is 1. The van der Waals surface area contributed by atoms with Crippen molar-refractivity contribution in [2.75, 3.05) is 39.8 Å². The van der Waals surface area contributed by atoms with Crippen LogP contribution in [0.5, 0.6) is 5.75 Å². The van der Waals surface area contributed by atoms with E-state index in [4.69, 9.17) is 4.74 Å². The average Bonchev–Trinajstić information content (AvgIpc) is 3.30. The molecule has 35 heavy (non-hydrogen) atoms. The summed E-state index contributed by atoms with van der Waals surface area (Å²) in [6.45, 7) is 1.62. The van der Waals surface area contributed by atoms with Gasteiger partial charge in [-0.25, -0.2) is 18.4 Å². The van der Waals surface area contributed by atoms with Crippen molar-refractivity contribution in [2.24, 2.45) is 0 Å². The molecule has 0 radical (unpaired) electrons. The number of carbonyl (C=O) groups excluding carboxylic acids is 2. The first kappa shape index (κ1) is 24.5. The molecule has 7 nitrogen and oxygen atoms in total. The molecule has 2 aliphatic rings. The Balaban J connectivity index is 1.47. The Morgan fingerprint density at radius 1 is 1.11 bits per heavy atom. The van der Waals surface area contributed by atoms with Crippen LogP contribution in [-0.4, -0.2) is 71.8 Å². The van der Waals surface area contributed by atoms with Gasteiger partial charge in [-0.1, -0.05) is 18.2 Å². The largest absolute Gasteiger partial charge is 0.508 e. The highest BCUT2D eigenvalue weighted by Crippen LogP contribution is 2.37. The highest BCUT2D eigenvalue weighted by Gasteiger charge is 2.33. The first-order valence-electron chi connectivity index (χ1n) is 11.7. The van der Waals surface area contributed by atoms with Crippen LogP contribution in [0.15, 0.2) is 48.5 Å². The molecule has 1 saturated heterocycles. The van der Waals surface area contributed by atoms with Crippen LogP contribution in [0.4, 0.5) is 18.4 Å². The fourth-order valence-electron chi connectivity index (χ4n) is 4.46. The van der Waals surface area contributed by atoms with Crippen molar-refractivity contribution in [1.82, 2.24) is 14.7 Å². The number of likely N-dealkylation sites (tertiary alicyclic amines) is 1. The Bertz CT molecular complexity index is 1120. The molecule has 0 spiro atoms. The number of aromatic hydroxyl groups is 1. The van der Waals surface area contributed by atoms with Gasteiger partial charge in [0.2, 0.25) is 0 Å². The number of urea groups is 1. The summed E-state index contributed by atoms with van der Waals surface area (Å²) >= 11 is 0. The van der Waals surface area contributed by atoms with Gasteiger partial charge in [0.15, 0.2) is 0 Å². The molecule has 0 aromatic heterocycles.